The van der Waals surface area contributed by atoms with Gasteiger partial charge in [-0.1, -0.05) is 55.5 Å². The van der Waals surface area contributed by atoms with Crippen LogP contribution >= 0.6 is 0 Å². The van der Waals surface area contributed by atoms with Gasteiger partial charge in [0.2, 0.25) is 0 Å². The maximum absolute atomic E-state index is 4.85. The minimum Gasteiger partial charge on any atom is -0.296 e. The van der Waals surface area contributed by atoms with Crippen LogP contribution in [0.15, 0.2) is 66.7 Å². The van der Waals surface area contributed by atoms with Gasteiger partial charge in [0.25, 0.3) is 0 Å². The summed E-state index contributed by atoms with van der Waals surface area (Å²) in [4.78, 5) is 4.85. The van der Waals surface area contributed by atoms with Crippen LogP contribution < -0.4 is 0 Å². The third-order valence-corrected chi connectivity index (χ3v) is 4.11. The molecule has 0 amide bonds. The summed E-state index contributed by atoms with van der Waals surface area (Å²) in [5.41, 5.74) is 3.47. The summed E-state index contributed by atoms with van der Waals surface area (Å²) in [6.45, 7) is 2.20. The molecular weight excluding hydrogens is 268 g/mol. The monoisotopic (exact) mass is 286 g/mol. The number of fused-ring (bicyclic) bond motifs is 2. The van der Waals surface area contributed by atoms with Crippen LogP contribution in [0, 0.1) is 0 Å². The molecule has 0 atom stereocenters. The zero-order valence-corrected chi connectivity index (χ0v) is 12.7. The summed E-state index contributed by atoms with van der Waals surface area (Å²) in [5, 5.41) is 2.53. The van der Waals surface area contributed by atoms with E-state index in [1.54, 1.807) is 0 Å². The maximum atomic E-state index is 4.85. The number of benzene rings is 3. The quantitative estimate of drug-likeness (QED) is 0.510. The number of hydrogen-bond acceptors (Lipinski definition) is 1. The molecule has 0 fully saturated rings. The molecule has 0 aliphatic rings. The lowest BCUT2D eigenvalue weighted by Gasteiger charge is -2.12. The second-order valence-corrected chi connectivity index (χ2v) is 5.60. The SMILES string of the molecule is CCCc1nc2ccccc2n1-c1cccc2ccccc12. The molecule has 22 heavy (non-hydrogen) atoms. The van der Waals surface area contributed by atoms with E-state index >= 15 is 0 Å². The second kappa shape index (κ2) is 5.30. The average Bonchev–Trinajstić information content (AvgIpc) is 2.92. The highest BCUT2D eigenvalue weighted by atomic mass is 15.1. The lowest BCUT2D eigenvalue weighted by Crippen LogP contribution is -2.01. The van der Waals surface area contributed by atoms with Crippen molar-refractivity contribution >= 4 is 21.8 Å². The molecule has 0 N–H and O–H groups in total. The first-order chi connectivity index (χ1) is 10.9. The molecule has 4 rings (SSSR count). The molecule has 0 unspecified atom stereocenters. The van der Waals surface area contributed by atoms with E-state index in [9.17, 15) is 0 Å². The Morgan fingerprint density at radius 2 is 1.64 bits per heavy atom. The van der Waals surface area contributed by atoms with E-state index in [0.717, 1.165) is 24.2 Å². The fourth-order valence-corrected chi connectivity index (χ4v) is 3.14. The van der Waals surface area contributed by atoms with E-state index < -0.39 is 0 Å². The number of aryl methyl sites for hydroxylation is 1. The van der Waals surface area contributed by atoms with Crippen molar-refractivity contribution in [2.24, 2.45) is 0 Å². The molecule has 2 nitrogen and oxygen atoms in total. The van der Waals surface area contributed by atoms with E-state index in [4.69, 9.17) is 4.98 Å². The maximum Gasteiger partial charge on any atom is 0.114 e. The topological polar surface area (TPSA) is 17.8 Å². The van der Waals surface area contributed by atoms with Crippen molar-refractivity contribution < 1.29 is 0 Å². The second-order valence-electron chi connectivity index (χ2n) is 5.60. The summed E-state index contributed by atoms with van der Waals surface area (Å²) < 4.78 is 2.32. The predicted octanol–water partition coefficient (Wildman–Crippen LogP) is 5.13. The van der Waals surface area contributed by atoms with Crippen LogP contribution in [-0.4, -0.2) is 9.55 Å². The number of rotatable bonds is 3. The van der Waals surface area contributed by atoms with Crippen LogP contribution in [-0.2, 0) is 6.42 Å². The normalized spacial score (nSPS) is 11.3. The molecule has 0 aliphatic carbocycles. The first-order valence-electron chi connectivity index (χ1n) is 7.83. The van der Waals surface area contributed by atoms with Gasteiger partial charge in [-0.3, -0.25) is 4.57 Å². The van der Waals surface area contributed by atoms with Gasteiger partial charge in [-0.25, -0.2) is 4.98 Å². The molecule has 0 saturated carbocycles. The van der Waals surface area contributed by atoms with Gasteiger partial charge in [0.15, 0.2) is 0 Å². The Hall–Kier alpha value is -2.61. The van der Waals surface area contributed by atoms with E-state index in [2.05, 4.69) is 78.2 Å². The highest BCUT2D eigenvalue weighted by molar-refractivity contribution is 5.92. The van der Waals surface area contributed by atoms with Crippen molar-refractivity contribution in [3.63, 3.8) is 0 Å². The number of imidazole rings is 1. The standard InChI is InChI=1S/C20H18N2/c1-2-8-20-21-17-12-5-6-13-19(17)22(20)18-14-7-10-15-9-3-4-11-16(15)18/h3-7,9-14H,2,8H2,1H3. The molecule has 1 aromatic heterocycles. The first kappa shape index (κ1) is 13.1. The van der Waals surface area contributed by atoms with Crippen LogP contribution in [0.4, 0.5) is 0 Å². The smallest absolute Gasteiger partial charge is 0.114 e. The van der Waals surface area contributed by atoms with Gasteiger partial charge in [-0.05, 0) is 30.0 Å². The summed E-state index contributed by atoms with van der Waals surface area (Å²) in [6, 6.07) is 23.4. The lowest BCUT2D eigenvalue weighted by molar-refractivity contribution is 0.820. The Morgan fingerprint density at radius 1 is 0.864 bits per heavy atom. The largest absolute Gasteiger partial charge is 0.296 e. The predicted molar refractivity (Wildman–Crippen MR) is 92.6 cm³/mol. The van der Waals surface area contributed by atoms with E-state index in [0.29, 0.717) is 0 Å². The number of hydrogen-bond donors (Lipinski definition) is 0. The molecule has 4 aromatic rings. The number of aromatic nitrogens is 2. The minimum absolute atomic E-state index is 0.984. The summed E-state index contributed by atoms with van der Waals surface area (Å²) >= 11 is 0. The molecule has 0 radical (unpaired) electrons. The van der Waals surface area contributed by atoms with Crippen LogP contribution in [0.25, 0.3) is 27.5 Å². The molecule has 0 spiro atoms. The summed E-state index contributed by atoms with van der Waals surface area (Å²) in [6.07, 6.45) is 2.08. The molecule has 0 bridgehead atoms. The fourth-order valence-electron chi connectivity index (χ4n) is 3.14. The van der Waals surface area contributed by atoms with Crippen molar-refractivity contribution in [3.8, 4) is 5.69 Å². The summed E-state index contributed by atoms with van der Waals surface area (Å²) in [5.74, 6) is 1.14. The van der Waals surface area contributed by atoms with Crippen LogP contribution in [0.3, 0.4) is 0 Å². The van der Waals surface area contributed by atoms with Gasteiger partial charge in [0, 0.05) is 11.8 Å². The molecule has 1 heterocycles. The summed E-state index contributed by atoms with van der Waals surface area (Å²) in [7, 11) is 0. The number of para-hydroxylation sites is 2. The molecular formula is C20H18N2. The third kappa shape index (κ3) is 2.00. The zero-order valence-electron chi connectivity index (χ0n) is 12.7. The van der Waals surface area contributed by atoms with Gasteiger partial charge >= 0.3 is 0 Å². The number of nitrogens with zero attached hydrogens (tertiary/aromatic N) is 2. The lowest BCUT2D eigenvalue weighted by atomic mass is 10.1. The Kier molecular flexibility index (Phi) is 3.15. The average molecular weight is 286 g/mol. The minimum atomic E-state index is 0.984. The van der Waals surface area contributed by atoms with Crippen molar-refractivity contribution in [2.75, 3.05) is 0 Å². The van der Waals surface area contributed by atoms with Crippen molar-refractivity contribution in [3.05, 3.63) is 72.6 Å². The molecule has 0 saturated heterocycles. The molecule has 0 aliphatic heterocycles. The van der Waals surface area contributed by atoms with Crippen LogP contribution in [0.5, 0.6) is 0 Å². The molecule has 3 aromatic carbocycles. The van der Waals surface area contributed by atoms with Gasteiger partial charge in [0.1, 0.15) is 5.82 Å². The van der Waals surface area contributed by atoms with Crippen molar-refractivity contribution in [1.82, 2.24) is 9.55 Å². The Morgan fingerprint density at radius 3 is 2.55 bits per heavy atom. The fraction of sp³-hybridized carbons (Fsp3) is 0.150. The van der Waals surface area contributed by atoms with Gasteiger partial charge < -0.3 is 0 Å². The zero-order chi connectivity index (χ0) is 14.9. The first-order valence-corrected chi connectivity index (χ1v) is 7.83. The van der Waals surface area contributed by atoms with Crippen LogP contribution in [0.2, 0.25) is 0 Å². The molecule has 2 heteroatoms. The van der Waals surface area contributed by atoms with Gasteiger partial charge in [-0.15, -0.1) is 0 Å². The molecule has 108 valence electrons. The van der Waals surface area contributed by atoms with E-state index in [-0.39, 0.29) is 0 Å². The Bertz CT molecular complexity index is 945. The van der Waals surface area contributed by atoms with Gasteiger partial charge in [-0.2, -0.15) is 0 Å². The van der Waals surface area contributed by atoms with E-state index in [1.807, 2.05) is 0 Å². The van der Waals surface area contributed by atoms with Crippen molar-refractivity contribution in [2.45, 2.75) is 19.8 Å². The van der Waals surface area contributed by atoms with Crippen molar-refractivity contribution in [1.29, 1.82) is 0 Å². The Balaban J connectivity index is 2.09. The third-order valence-electron chi connectivity index (χ3n) is 4.11. The van der Waals surface area contributed by atoms with Gasteiger partial charge in [0.05, 0.1) is 16.7 Å². The highest BCUT2D eigenvalue weighted by Gasteiger charge is 2.13. The highest BCUT2D eigenvalue weighted by Crippen LogP contribution is 2.28. The van der Waals surface area contributed by atoms with E-state index in [1.165, 1.54) is 22.0 Å². The van der Waals surface area contributed by atoms with Crippen LogP contribution in [0.1, 0.15) is 19.2 Å². The Labute approximate surface area is 130 Å².